The largest absolute Gasteiger partial charge is 0.394 e. The molecule has 1 heterocycles. The van der Waals surface area contributed by atoms with Gasteiger partial charge in [0.05, 0.1) is 13.2 Å². The van der Waals surface area contributed by atoms with Gasteiger partial charge < -0.3 is 20.9 Å². The van der Waals surface area contributed by atoms with Crippen LogP contribution in [0.15, 0.2) is 6.07 Å². The normalized spacial score (nSPS) is 10.5. The predicted octanol–water partition coefficient (Wildman–Crippen LogP) is 0.753. The Bertz CT molecular complexity index is 364. The number of nitrogens with one attached hydrogen (secondary N) is 1. The molecular weight excluding hydrogens is 232 g/mol. The number of nitrogens with two attached hydrogens (primary N) is 1. The second-order valence-electron chi connectivity index (χ2n) is 3.30. The summed E-state index contributed by atoms with van der Waals surface area (Å²) in [6, 6.07) is 0.687. The van der Waals surface area contributed by atoms with E-state index < -0.39 is 11.6 Å². The maximum Gasteiger partial charge on any atom is 0.168 e. The van der Waals surface area contributed by atoms with Crippen LogP contribution in [-0.4, -0.2) is 36.5 Å². The zero-order valence-electron chi connectivity index (χ0n) is 9.25. The van der Waals surface area contributed by atoms with Crippen molar-refractivity contribution in [2.45, 2.75) is 6.42 Å². The Morgan fingerprint density at radius 1 is 1.35 bits per heavy atom. The number of halogens is 2. The molecule has 0 aliphatic rings. The molecule has 0 unspecified atom stereocenters. The minimum Gasteiger partial charge on any atom is -0.394 e. The van der Waals surface area contributed by atoms with Crippen molar-refractivity contribution in [3.63, 3.8) is 0 Å². The predicted molar refractivity (Wildman–Crippen MR) is 59.6 cm³/mol. The number of hydrogen-bond donors (Lipinski definition) is 3. The van der Waals surface area contributed by atoms with E-state index in [0.717, 1.165) is 0 Å². The van der Waals surface area contributed by atoms with E-state index in [2.05, 4.69) is 10.3 Å². The first-order valence-corrected chi connectivity index (χ1v) is 5.19. The Balaban J connectivity index is 2.34. The molecule has 1 aromatic rings. The fourth-order valence-electron chi connectivity index (χ4n) is 1.15. The number of rotatable bonds is 7. The first-order valence-electron chi connectivity index (χ1n) is 5.19. The average Bonchev–Trinajstić information content (AvgIpc) is 2.30. The Morgan fingerprint density at radius 2 is 2.12 bits per heavy atom. The number of ether oxygens (including phenoxy) is 1. The SMILES string of the molecule is Nc1nc(NCCCOCCO)c(F)cc1F. The van der Waals surface area contributed by atoms with Crippen LogP contribution in [0.25, 0.3) is 0 Å². The molecule has 0 saturated heterocycles. The summed E-state index contributed by atoms with van der Waals surface area (Å²) in [5.41, 5.74) is 5.21. The molecular formula is C10H15F2N3O2. The number of nitrogen functional groups attached to an aromatic ring is 1. The molecule has 1 aromatic heterocycles. The van der Waals surface area contributed by atoms with Crippen molar-refractivity contribution in [2.24, 2.45) is 0 Å². The van der Waals surface area contributed by atoms with Crippen molar-refractivity contribution < 1.29 is 18.6 Å². The van der Waals surface area contributed by atoms with Crippen LogP contribution in [0.4, 0.5) is 20.4 Å². The summed E-state index contributed by atoms with van der Waals surface area (Å²) in [4.78, 5) is 3.54. The van der Waals surface area contributed by atoms with Crippen LogP contribution < -0.4 is 11.1 Å². The number of aliphatic hydroxyl groups is 1. The Kier molecular flexibility index (Phi) is 5.58. The van der Waals surface area contributed by atoms with Gasteiger partial charge in [-0.1, -0.05) is 0 Å². The summed E-state index contributed by atoms with van der Waals surface area (Å²) in [5, 5.41) is 11.1. The fraction of sp³-hybridized carbons (Fsp3) is 0.500. The lowest BCUT2D eigenvalue weighted by atomic mass is 10.4. The van der Waals surface area contributed by atoms with Gasteiger partial charge in [-0.2, -0.15) is 0 Å². The van der Waals surface area contributed by atoms with E-state index in [0.29, 0.717) is 25.6 Å². The third kappa shape index (κ3) is 4.49. The maximum absolute atomic E-state index is 13.2. The highest BCUT2D eigenvalue weighted by Crippen LogP contribution is 2.16. The summed E-state index contributed by atoms with van der Waals surface area (Å²) in [6.07, 6.45) is 0.610. The molecule has 0 radical (unpaired) electrons. The molecule has 4 N–H and O–H groups in total. The van der Waals surface area contributed by atoms with Crippen LogP contribution in [0.2, 0.25) is 0 Å². The van der Waals surface area contributed by atoms with Crippen molar-refractivity contribution in [3.8, 4) is 0 Å². The second-order valence-corrected chi connectivity index (χ2v) is 3.30. The van der Waals surface area contributed by atoms with Gasteiger partial charge in [-0.05, 0) is 6.42 Å². The summed E-state index contributed by atoms with van der Waals surface area (Å²) in [6.45, 7) is 1.10. The van der Waals surface area contributed by atoms with E-state index in [1.165, 1.54) is 0 Å². The summed E-state index contributed by atoms with van der Waals surface area (Å²) >= 11 is 0. The molecule has 7 heteroatoms. The Morgan fingerprint density at radius 3 is 2.82 bits per heavy atom. The Labute approximate surface area is 97.6 Å². The van der Waals surface area contributed by atoms with E-state index in [1.54, 1.807) is 0 Å². The quantitative estimate of drug-likeness (QED) is 0.620. The summed E-state index contributed by atoms with van der Waals surface area (Å²) in [5.74, 6) is -2.08. The molecule has 0 saturated carbocycles. The van der Waals surface area contributed by atoms with Crippen molar-refractivity contribution in [3.05, 3.63) is 17.7 Å². The van der Waals surface area contributed by atoms with E-state index in [4.69, 9.17) is 15.6 Å². The van der Waals surface area contributed by atoms with E-state index in [-0.39, 0.29) is 24.8 Å². The minimum absolute atomic E-state index is 0.0297. The van der Waals surface area contributed by atoms with Crippen LogP contribution in [-0.2, 0) is 4.74 Å². The lowest BCUT2D eigenvalue weighted by Gasteiger charge is -2.07. The van der Waals surface area contributed by atoms with Gasteiger partial charge in [0, 0.05) is 19.2 Å². The number of aromatic nitrogens is 1. The maximum atomic E-state index is 13.2. The van der Waals surface area contributed by atoms with Crippen molar-refractivity contribution in [1.82, 2.24) is 4.98 Å². The van der Waals surface area contributed by atoms with Crippen molar-refractivity contribution in [2.75, 3.05) is 37.4 Å². The number of pyridine rings is 1. The van der Waals surface area contributed by atoms with E-state index in [9.17, 15) is 8.78 Å². The van der Waals surface area contributed by atoms with Crippen LogP contribution in [0.3, 0.4) is 0 Å². The van der Waals surface area contributed by atoms with Crippen molar-refractivity contribution in [1.29, 1.82) is 0 Å². The number of aliphatic hydroxyl groups excluding tert-OH is 1. The minimum atomic E-state index is -0.876. The second kappa shape index (κ2) is 6.97. The smallest absolute Gasteiger partial charge is 0.168 e. The zero-order valence-corrected chi connectivity index (χ0v) is 9.25. The van der Waals surface area contributed by atoms with Crippen LogP contribution in [0, 0.1) is 11.6 Å². The van der Waals surface area contributed by atoms with Gasteiger partial charge >= 0.3 is 0 Å². The monoisotopic (exact) mass is 247 g/mol. The first-order chi connectivity index (χ1) is 8.15. The molecule has 0 atom stereocenters. The molecule has 1 rings (SSSR count). The van der Waals surface area contributed by atoms with Crippen LogP contribution in [0.1, 0.15) is 6.42 Å². The van der Waals surface area contributed by atoms with E-state index >= 15 is 0 Å². The van der Waals surface area contributed by atoms with Gasteiger partial charge in [0.2, 0.25) is 0 Å². The molecule has 0 spiro atoms. The highest BCUT2D eigenvalue weighted by atomic mass is 19.1. The standard InChI is InChI=1S/C10H15F2N3O2/c11-7-6-8(12)10(15-9(7)13)14-2-1-4-17-5-3-16/h6,16H,1-5H2,(H3,13,14,15). The van der Waals surface area contributed by atoms with Gasteiger partial charge in [0.25, 0.3) is 0 Å². The number of nitrogens with zero attached hydrogens (tertiary/aromatic N) is 1. The Hall–Kier alpha value is -1.47. The van der Waals surface area contributed by atoms with Gasteiger partial charge in [0.15, 0.2) is 23.3 Å². The molecule has 96 valence electrons. The molecule has 0 fully saturated rings. The van der Waals surface area contributed by atoms with Gasteiger partial charge in [-0.3, -0.25) is 0 Å². The molecule has 0 aliphatic heterocycles. The molecule has 5 nitrogen and oxygen atoms in total. The lowest BCUT2D eigenvalue weighted by molar-refractivity contribution is 0.0921. The molecule has 0 aliphatic carbocycles. The zero-order chi connectivity index (χ0) is 12.7. The van der Waals surface area contributed by atoms with Gasteiger partial charge in [-0.15, -0.1) is 0 Å². The highest BCUT2D eigenvalue weighted by Gasteiger charge is 2.08. The fourth-order valence-corrected chi connectivity index (χ4v) is 1.15. The number of hydrogen-bond acceptors (Lipinski definition) is 5. The van der Waals surface area contributed by atoms with Gasteiger partial charge in [-0.25, -0.2) is 13.8 Å². The van der Waals surface area contributed by atoms with Crippen molar-refractivity contribution >= 4 is 11.6 Å². The molecule has 0 amide bonds. The molecule has 0 bridgehead atoms. The molecule has 0 aromatic carbocycles. The lowest BCUT2D eigenvalue weighted by Crippen LogP contribution is -2.11. The van der Waals surface area contributed by atoms with Gasteiger partial charge in [0.1, 0.15) is 0 Å². The summed E-state index contributed by atoms with van der Waals surface area (Å²) in [7, 11) is 0. The first kappa shape index (κ1) is 13.6. The van der Waals surface area contributed by atoms with E-state index in [1.807, 2.05) is 0 Å². The highest BCUT2D eigenvalue weighted by molar-refractivity contribution is 5.44. The topological polar surface area (TPSA) is 80.4 Å². The summed E-state index contributed by atoms with van der Waals surface area (Å²) < 4.78 is 31.0. The average molecular weight is 247 g/mol. The third-order valence-corrected chi connectivity index (χ3v) is 1.95. The number of anilines is 2. The van der Waals surface area contributed by atoms with Crippen LogP contribution in [0.5, 0.6) is 0 Å². The molecule has 17 heavy (non-hydrogen) atoms. The van der Waals surface area contributed by atoms with Crippen LogP contribution >= 0.6 is 0 Å². The third-order valence-electron chi connectivity index (χ3n) is 1.95.